The van der Waals surface area contributed by atoms with Gasteiger partial charge in [0.2, 0.25) is 0 Å². The van der Waals surface area contributed by atoms with E-state index in [4.69, 9.17) is 0 Å². The summed E-state index contributed by atoms with van der Waals surface area (Å²) < 4.78 is 2.11. The van der Waals surface area contributed by atoms with Crippen molar-refractivity contribution in [3.05, 3.63) is 10.3 Å². The lowest BCUT2D eigenvalue weighted by atomic mass is 9.95. The van der Waals surface area contributed by atoms with Crippen LogP contribution in [0.2, 0.25) is 0 Å². The van der Waals surface area contributed by atoms with Crippen molar-refractivity contribution in [2.45, 2.75) is 19.3 Å². The molecule has 2 rings (SSSR count). The summed E-state index contributed by atoms with van der Waals surface area (Å²) >= 11 is 5.24. The largest absolute Gasteiger partial charge is 0.292 e. The Kier molecular flexibility index (Phi) is 4.02. The van der Waals surface area contributed by atoms with E-state index in [0.29, 0.717) is 22.6 Å². The molecule has 0 radical (unpaired) electrons. The number of hydrogen-bond donors (Lipinski definition) is 0. The van der Waals surface area contributed by atoms with E-state index < -0.39 is 0 Å². The quantitative estimate of drug-likeness (QED) is 0.804. The van der Waals surface area contributed by atoms with Gasteiger partial charge in [0, 0.05) is 13.5 Å². The van der Waals surface area contributed by atoms with Gasteiger partial charge in [0.1, 0.15) is 5.69 Å². The summed E-state index contributed by atoms with van der Waals surface area (Å²) in [6.07, 6.45) is 2.93. The van der Waals surface area contributed by atoms with E-state index in [1.807, 2.05) is 11.8 Å². The lowest BCUT2D eigenvalue weighted by Crippen LogP contribution is -2.16. The van der Waals surface area contributed by atoms with Crippen LogP contribution in [0.4, 0.5) is 0 Å². The summed E-state index contributed by atoms with van der Waals surface area (Å²) in [6.45, 7) is 0. The van der Waals surface area contributed by atoms with Gasteiger partial charge in [-0.2, -0.15) is 11.8 Å². The lowest BCUT2D eigenvalue weighted by molar-refractivity contribution is 0.0948. The Balaban J connectivity index is 2.02. The molecule has 1 aromatic heterocycles. The van der Waals surface area contributed by atoms with Gasteiger partial charge in [-0.05, 0) is 46.2 Å². The van der Waals surface area contributed by atoms with Crippen LogP contribution in [0.15, 0.2) is 4.60 Å². The summed E-state index contributed by atoms with van der Waals surface area (Å²) in [4.78, 5) is 12.1. The van der Waals surface area contributed by atoms with Crippen molar-refractivity contribution in [2.24, 2.45) is 13.0 Å². The zero-order chi connectivity index (χ0) is 11.5. The summed E-state index contributed by atoms with van der Waals surface area (Å²) in [6, 6.07) is 0. The van der Waals surface area contributed by atoms with Crippen molar-refractivity contribution in [3.63, 3.8) is 0 Å². The summed E-state index contributed by atoms with van der Waals surface area (Å²) in [5.74, 6) is 3.05. The van der Waals surface area contributed by atoms with Gasteiger partial charge in [-0.15, -0.1) is 5.10 Å². The zero-order valence-corrected chi connectivity index (χ0v) is 11.6. The van der Waals surface area contributed by atoms with Gasteiger partial charge in [0.05, 0.1) is 0 Å². The molecular weight excluding hydrogens is 290 g/mol. The highest BCUT2D eigenvalue weighted by Gasteiger charge is 2.22. The molecule has 0 aromatic carbocycles. The average molecular weight is 304 g/mol. The highest BCUT2D eigenvalue weighted by molar-refractivity contribution is 9.10. The standard InChI is InChI=1S/C10H14BrN3OS/c1-14-9(10(11)12-13-14)8(15)6-7-2-4-16-5-3-7/h7H,2-6H2,1H3. The van der Waals surface area contributed by atoms with E-state index in [9.17, 15) is 4.79 Å². The van der Waals surface area contributed by atoms with Crippen LogP contribution in [-0.4, -0.2) is 32.3 Å². The maximum atomic E-state index is 12.1. The van der Waals surface area contributed by atoms with Crippen molar-refractivity contribution in [3.8, 4) is 0 Å². The molecular formula is C10H14BrN3OS. The van der Waals surface area contributed by atoms with Crippen molar-refractivity contribution >= 4 is 33.5 Å². The van der Waals surface area contributed by atoms with E-state index in [2.05, 4.69) is 26.2 Å². The number of halogens is 1. The number of hydrogen-bond acceptors (Lipinski definition) is 4. The van der Waals surface area contributed by atoms with E-state index in [1.165, 1.54) is 11.5 Å². The average Bonchev–Trinajstić information content (AvgIpc) is 2.60. The van der Waals surface area contributed by atoms with Gasteiger partial charge in [0.15, 0.2) is 10.4 Å². The number of aromatic nitrogens is 3. The van der Waals surface area contributed by atoms with E-state index in [1.54, 1.807) is 11.7 Å². The number of nitrogens with zero attached hydrogens (tertiary/aromatic N) is 3. The molecule has 1 fully saturated rings. The van der Waals surface area contributed by atoms with Crippen LogP contribution in [0, 0.1) is 5.92 Å². The molecule has 1 aliphatic rings. The molecule has 0 unspecified atom stereocenters. The van der Waals surface area contributed by atoms with Crippen molar-refractivity contribution in [1.29, 1.82) is 0 Å². The summed E-state index contributed by atoms with van der Waals surface area (Å²) in [7, 11) is 1.75. The maximum Gasteiger partial charge on any atom is 0.183 e. The molecule has 0 saturated carbocycles. The molecule has 4 nitrogen and oxygen atoms in total. The van der Waals surface area contributed by atoms with Crippen LogP contribution in [-0.2, 0) is 7.05 Å². The van der Waals surface area contributed by atoms with Crippen LogP contribution in [0.5, 0.6) is 0 Å². The first-order valence-electron chi connectivity index (χ1n) is 5.34. The molecule has 2 heterocycles. The third-order valence-electron chi connectivity index (χ3n) is 2.86. The number of Topliss-reactive ketones (excluding diaryl/α,β-unsaturated/α-hetero) is 1. The van der Waals surface area contributed by atoms with Crippen LogP contribution < -0.4 is 0 Å². The van der Waals surface area contributed by atoms with Crippen molar-refractivity contribution < 1.29 is 4.79 Å². The number of rotatable bonds is 3. The number of carbonyl (C=O) groups is 1. The second-order valence-corrected chi connectivity index (χ2v) is 6.01. The molecule has 16 heavy (non-hydrogen) atoms. The number of aryl methyl sites for hydroxylation is 1. The number of carbonyl (C=O) groups excluding carboxylic acids is 1. The highest BCUT2D eigenvalue weighted by Crippen LogP contribution is 2.27. The minimum atomic E-state index is 0.149. The smallest absolute Gasteiger partial charge is 0.183 e. The predicted octanol–water partition coefficient (Wildman–Crippen LogP) is 2.29. The van der Waals surface area contributed by atoms with Crippen molar-refractivity contribution in [2.75, 3.05) is 11.5 Å². The Labute approximate surface area is 107 Å². The SMILES string of the molecule is Cn1nnc(Br)c1C(=O)CC1CCSCC1. The fourth-order valence-electron chi connectivity index (χ4n) is 1.94. The Hall–Kier alpha value is -0.360. The topological polar surface area (TPSA) is 47.8 Å². The summed E-state index contributed by atoms with van der Waals surface area (Å²) in [5, 5.41) is 7.66. The molecule has 0 spiro atoms. The molecule has 0 N–H and O–H groups in total. The first-order valence-corrected chi connectivity index (χ1v) is 7.29. The molecule has 0 amide bonds. The molecule has 1 aromatic rings. The highest BCUT2D eigenvalue weighted by atomic mass is 79.9. The molecule has 6 heteroatoms. The third-order valence-corrected chi connectivity index (χ3v) is 4.45. The normalized spacial score (nSPS) is 17.6. The molecule has 0 bridgehead atoms. The van der Waals surface area contributed by atoms with Gasteiger partial charge in [0.25, 0.3) is 0 Å². The molecule has 88 valence electrons. The van der Waals surface area contributed by atoms with Crippen molar-refractivity contribution in [1.82, 2.24) is 15.0 Å². The van der Waals surface area contributed by atoms with Gasteiger partial charge in [-0.25, -0.2) is 4.68 Å². The Morgan fingerprint density at radius 2 is 2.25 bits per heavy atom. The van der Waals surface area contributed by atoms with Crippen LogP contribution in [0.3, 0.4) is 0 Å². The van der Waals surface area contributed by atoms with E-state index in [0.717, 1.165) is 12.8 Å². The maximum absolute atomic E-state index is 12.1. The zero-order valence-electron chi connectivity index (χ0n) is 9.15. The fraction of sp³-hybridized carbons (Fsp3) is 0.700. The molecule has 0 aliphatic carbocycles. The van der Waals surface area contributed by atoms with Gasteiger partial charge in [-0.1, -0.05) is 5.21 Å². The van der Waals surface area contributed by atoms with Gasteiger partial charge < -0.3 is 0 Å². The molecule has 1 saturated heterocycles. The fourth-order valence-corrected chi connectivity index (χ4v) is 3.69. The minimum absolute atomic E-state index is 0.149. The van der Waals surface area contributed by atoms with Gasteiger partial charge in [-0.3, -0.25) is 4.79 Å². The Morgan fingerprint density at radius 1 is 1.56 bits per heavy atom. The monoisotopic (exact) mass is 303 g/mol. The Bertz CT molecular complexity index is 368. The summed E-state index contributed by atoms with van der Waals surface area (Å²) in [5.41, 5.74) is 0.596. The van der Waals surface area contributed by atoms with Crippen LogP contribution in [0.1, 0.15) is 29.8 Å². The van der Waals surface area contributed by atoms with Crippen LogP contribution >= 0.6 is 27.7 Å². The molecule has 0 atom stereocenters. The first-order chi connectivity index (χ1) is 7.68. The number of ketones is 1. The van der Waals surface area contributed by atoms with E-state index >= 15 is 0 Å². The minimum Gasteiger partial charge on any atom is -0.292 e. The van der Waals surface area contributed by atoms with E-state index in [-0.39, 0.29) is 5.78 Å². The third kappa shape index (κ3) is 2.66. The first kappa shape index (κ1) is 12.1. The second kappa shape index (κ2) is 5.31. The Morgan fingerprint density at radius 3 is 2.81 bits per heavy atom. The van der Waals surface area contributed by atoms with Crippen LogP contribution in [0.25, 0.3) is 0 Å². The second-order valence-electron chi connectivity index (χ2n) is 4.04. The number of thioether (sulfide) groups is 1. The van der Waals surface area contributed by atoms with Gasteiger partial charge >= 0.3 is 0 Å². The predicted molar refractivity (Wildman–Crippen MR) is 67.7 cm³/mol. The molecule has 1 aliphatic heterocycles. The lowest BCUT2D eigenvalue weighted by Gasteiger charge is -2.20.